The van der Waals surface area contributed by atoms with Crippen molar-refractivity contribution < 1.29 is 9.96 Å². The molecule has 60 valence electrons. The first-order chi connectivity index (χ1) is 4.41. The van der Waals surface area contributed by atoms with Gasteiger partial charge in [0.15, 0.2) is 0 Å². The van der Waals surface area contributed by atoms with Crippen molar-refractivity contribution in [3.05, 3.63) is 0 Å². The van der Waals surface area contributed by atoms with Gasteiger partial charge in [-0.05, 0) is 0 Å². The summed E-state index contributed by atoms with van der Waals surface area (Å²) in [5.74, 6) is 0. The van der Waals surface area contributed by atoms with Crippen LogP contribution in [0.15, 0.2) is 0 Å². The standard InChI is InChI=1S/C8H16N.H2O/c1-2-6-9(5-1)7-3-4-8-9;/h1-8H2;1H2/q+1;/p-1. The highest BCUT2D eigenvalue weighted by Crippen LogP contribution is 2.25. The van der Waals surface area contributed by atoms with Crippen molar-refractivity contribution in [2.45, 2.75) is 25.7 Å². The molecule has 2 heterocycles. The molecule has 2 aliphatic rings. The van der Waals surface area contributed by atoms with Gasteiger partial charge in [0, 0.05) is 25.7 Å². The summed E-state index contributed by atoms with van der Waals surface area (Å²) in [5, 5.41) is 0. The lowest BCUT2D eigenvalue weighted by Gasteiger charge is -2.27. The summed E-state index contributed by atoms with van der Waals surface area (Å²) >= 11 is 0. The predicted molar refractivity (Wildman–Crippen MR) is 40.1 cm³/mol. The van der Waals surface area contributed by atoms with Crippen LogP contribution in [0.1, 0.15) is 25.7 Å². The van der Waals surface area contributed by atoms with Gasteiger partial charge >= 0.3 is 0 Å². The lowest BCUT2D eigenvalue weighted by atomic mass is 10.4. The number of quaternary nitrogens is 1. The summed E-state index contributed by atoms with van der Waals surface area (Å²) in [7, 11) is 0. The summed E-state index contributed by atoms with van der Waals surface area (Å²) in [5.41, 5.74) is 0. The van der Waals surface area contributed by atoms with Crippen molar-refractivity contribution in [3.8, 4) is 0 Å². The summed E-state index contributed by atoms with van der Waals surface area (Å²) in [6.07, 6.45) is 6.00. The molecule has 0 radical (unpaired) electrons. The van der Waals surface area contributed by atoms with Crippen molar-refractivity contribution >= 4 is 0 Å². The molecule has 2 aliphatic heterocycles. The number of hydrogen-bond acceptors (Lipinski definition) is 1. The zero-order chi connectivity index (χ0) is 6.16. The van der Waals surface area contributed by atoms with Crippen LogP contribution in [0, 0.1) is 0 Å². The third-order valence-corrected chi connectivity index (χ3v) is 3.03. The van der Waals surface area contributed by atoms with E-state index in [2.05, 4.69) is 0 Å². The third kappa shape index (κ3) is 1.18. The molecule has 0 aromatic carbocycles. The number of nitrogens with zero attached hydrogens (tertiary/aromatic N) is 1. The second kappa shape index (κ2) is 2.89. The smallest absolute Gasteiger partial charge is 0.0788 e. The number of hydrogen-bond donors (Lipinski definition) is 0. The van der Waals surface area contributed by atoms with E-state index in [0.29, 0.717) is 0 Å². The molecule has 0 aromatic rings. The highest BCUT2D eigenvalue weighted by atomic mass is 16.0. The zero-order valence-corrected chi connectivity index (χ0v) is 6.55. The van der Waals surface area contributed by atoms with E-state index in [9.17, 15) is 0 Å². The van der Waals surface area contributed by atoms with E-state index in [-0.39, 0.29) is 5.48 Å². The average molecular weight is 143 g/mol. The molecule has 0 amide bonds. The second-order valence-corrected chi connectivity index (χ2v) is 3.65. The minimum absolute atomic E-state index is 0. The minimum Gasteiger partial charge on any atom is -0.870 e. The molecular weight excluding hydrogens is 126 g/mol. The van der Waals surface area contributed by atoms with E-state index in [4.69, 9.17) is 0 Å². The minimum atomic E-state index is 0. The number of rotatable bonds is 0. The van der Waals surface area contributed by atoms with Crippen LogP contribution in [0.3, 0.4) is 0 Å². The molecule has 0 saturated carbocycles. The predicted octanol–water partition coefficient (Wildman–Crippen LogP) is 1.21. The van der Waals surface area contributed by atoms with Crippen LogP contribution in [0.5, 0.6) is 0 Å². The lowest BCUT2D eigenvalue weighted by Crippen LogP contribution is -2.41. The van der Waals surface area contributed by atoms with Gasteiger partial charge in [-0.15, -0.1) is 0 Å². The topological polar surface area (TPSA) is 30.0 Å². The van der Waals surface area contributed by atoms with E-state index < -0.39 is 0 Å². The van der Waals surface area contributed by atoms with Gasteiger partial charge < -0.3 is 9.96 Å². The quantitative estimate of drug-likeness (QED) is 0.469. The molecule has 2 nitrogen and oxygen atoms in total. The highest BCUT2D eigenvalue weighted by Gasteiger charge is 2.34. The fourth-order valence-electron chi connectivity index (χ4n) is 2.46. The maximum Gasteiger partial charge on any atom is 0.0788 e. The van der Waals surface area contributed by atoms with E-state index in [1.807, 2.05) is 0 Å². The van der Waals surface area contributed by atoms with Crippen LogP contribution in [0.4, 0.5) is 0 Å². The Morgan fingerprint density at radius 1 is 0.600 bits per heavy atom. The maximum atomic E-state index is 1.50. The largest absolute Gasteiger partial charge is 0.870 e. The van der Waals surface area contributed by atoms with Gasteiger partial charge in [-0.1, -0.05) is 0 Å². The van der Waals surface area contributed by atoms with E-state index in [0.717, 1.165) is 0 Å². The summed E-state index contributed by atoms with van der Waals surface area (Å²) in [4.78, 5) is 0. The molecule has 0 aromatic heterocycles. The maximum absolute atomic E-state index is 1.50. The molecule has 0 aliphatic carbocycles. The zero-order valence-electron chi connectivity index (χ0n) is 6.55. The summed E-state index contributed by atoms with van der Waals surface area (Å²) < 4.78 is 1.50. The van der Waals surface area contributed by atoms with Gasteiger partial charge in [0.2, 0.25) is 0 Å². The monoisotopic (exact) mass is 143 g/mol. The van der Waals surface area contributed by atoms with E-state index in [1.54, 1.807) is 0 Å². The van der Waals surface area contributed by atoms with Crippen LogP contribution < -0.4 is 0 Å². The van der Waals surface area contributed by atoms with Crippen molar-refractivity contribution in [1.82, 2.24) is 0 Å². The lowest BCUT2D eigenvalue weighted by molar-refractivity contribution is -0.904. The van der Waals surface area contributed by atoms with Crippen LogP contribution in [0.2, 0.25) is 0 Å². The van der Waals surface area contributed by atoms with Crippen LogP contribution in [-0.4, -0.2) is 36.1 Å². The summed E-state index contributed by atoms with van der Waals surface area (Å²) in [6, 6.07) is 0. The van der Waals surface area contributed by atoms with Crippen molar-refractivity contribution in [2.24, 2.45) is 0 Å². The van der Waals surface area contributed by atoms with Crippen LogP contribution in [-0.2, 0) is 0 Å². The Hall–Kier alpha value is -0.0800. The molecule has 1 N–H and O–H groups in total. The molecular formula is C8H17NO. The molecule has 2 fully saturated rings. The van der Waals surface area contributed by atoms with E-state index in [1.165, 1.54) is 56.3 Å². The molecule has 0 atom stereocenters. The Balaban J connectivity index is 0.000000500. The van der Waals surface area contributed by atoms with Gasteiger partial charge in [-0.2, -0.15) is 0 Å². The Morgan fingerprint density at radius 3 is 1.20 bits per heavy atom. The third-order valence-electron chi connectivity index (χ3n) is 3.03. The molecule has 10 heavy (non-hydrogen) atoms. The van der Waals surface area contributed by atoms with Crippen molar-refractivity contribution in [3.63, 3.8) is 0 Å². The fraction of sp³-hybridized carbons (Fsp3) is 1.00. The first-order valence-corrected chi connectivity index (χ1v) is 4.26. The Kier molecular flexibility index (Phi) is 2.32. The first-order valence-electron chi connectivity index (χ1n) is 4.26. The molecule has 2 rings (SSSR count). The molecule has 1 spiro atoms. The van der Waals surface area contributed by atoms with Crippen LogP contribution >= 0.6 is 0 Å². The van der Waals surface area contributed by atoms with Crippen LogP contribution in [0.25, 0.3) is 0 Å². The Bertz CT molecular complexity index is 84.3. The molecule has 2 heteroatoms. The van der Waals surface area contributed by atoms with Gasteiger partial charge in [-0.3, -0.25) is 0 Å². The SMILES string of the molecule is C1CC[N+]2(C1)CCCC2.[OH-]. The first kappa shape index (κ1) is 8.02. The van der Waals surface area contributed by atoms with E-state index >= 15 is 0 Å². The Labute approximate surface area is 62.7 Å². The van der Waals surface area contributed by atoms with Gasteiger partial charge in [0.25, 0.3) is 0 Å². The highest BCUT2D eigenvalue weighted by molar-refractivity contribution is 4.60. The van der Waals surface area contributed by atoms with Crippen molar-refractivity contribution in [1.29, 1.82) is 0 Å². The van der Waals surface area contributed by atoms with Gasteiger partial charge in [0.05, 0.1) is 26.2 Å². The average Bonchev–Trinajstić information content (AvgIpc) is 2.45. The molecule has 2 saturated heterocycles. The molecule has 0 unspecified atom stereocenters. The fourth-order valence-corrected chi connectivity index (χ4v) is 2.46. The van der Waals surface area contributed by atoms with Crippen molar-refractivity contribution in [2.75, 3.05) is 26.2 Å². The Morgan fingerprint density at radius 2 is 0.900 bits per heavy atom. The van der Waals surface area contributed by atoms with Gasteiger partial charge in [0.1, 0.15) is 0 Å². The normalized spacial score (nSPS) is 28.8. The molecule has 0 bridgehead atoms. The van der Waals surface area contributed by atoms with Gasteiger partial charge in [-0.25, -0.2) is 0 Å². The second-order valence-electron chi connectivity index (χ2n) is 3.65. The summed E-state index contributed by atoms with van der Waals surface area (Å²) in [6.45, 7) is 6.00.